The molecule has 0 saturated heterocycles. The van der Waals surface area contributed by atoms with Crippen molar-refractivity contribution in [3.05, 3.63) is 0 Å². The number of rotatable bonds is 6. The summed E-state index contributed by atoms with van der Waals surface area (Å²) in [6.07, 6.45) is 7.01. The van der Waals surface area contributed by atoms with Gasteiger partial charge in [-0.25, -0.2) is 0 Å². The maximum atomic E-state index is 9.82. The van der Waals surface area contributed by atoms with Crippen LogP contribution in [0.1, 0.15) is 73.6 Å². The number of hydrogen-bond acceptors (Lipinski definition) is 4. The van der Waals surface area contributed by atoms with Crippen LogP contribution in [-0.4, -0.2) is 25.2 Å². The molecule has 4 nitrogen and oxygen atoms in total. The summed E-state index contributed by atoms with van der Waals surface area (Å²) in [7, 11) is 0. The number of carbonyl (C=O) groups excluding carboxylic acids is 2. The molecule has 0 fully saturated rings. The molecule has 0 unspecified atom stereocenters. The minimum absolute atomic E-state index is 0.211. The van der Waals surface area contributed by atoms with Crippen LogP contribution in [0.2, 0.25) is 0 Å². The van der Waals surface area contributed by atoms with Gasteiger partial charge in [0.2, 0.25) is 0 Å². The summed E-state index contributed by atoms with van der Waals surface area (Å²) < 4.78 is 8.81. The molecule has 0 amide bonds. The minimum atomic E-state index is -0.211. The maximum Gasteiger partial charge on any atom is 0.302 e. The van der Waals surface area contributed by atoms with E-state index in [0.29, 0.717) is 13.2 Å². The monoisotopic (exact) mass is 276 g/mol. The van der Waals surface area contributed by atoms with Gasteiger partial charge in [-0.1, -0.05) is 46.0 Å². The molecule has 0 N–H and O–H groups in total. The first-order valence-corrected chi connectivity index (χ1v) is 7.22. The SMILES string of the molecule is CCCCCCC.CCOC(C)=O.CCOC(C)=O. The lowest BCUT2D eigenvalue weighted by Crippen LogP contribution is -1.95. The summed E-state index contributed by atoms with van der Waals surface area (Å²) in [5.74, 6) is -0.421. The largest absolute Gasteiger partial charge is 0.466 e. The predicted molar refractivity (Wildman–Crippen MR) is 79.0 cm³/mol. The highest BCUT2D eigenvalue weighted by atomic mass is 16.5. The maximum absolute atomic E-state index is 9.82. The molecule has 0 aliphatic heterocycles. The van der Waals surface area contributed by atoms with Crippen molar-refractivity contribution in [2.45, 2.75) is 73.6 Å². The first-order valence-electron chi connectivity index (χ1n) is 7.22. The van der Waals surface area contributed by atoms with E-state index >= 15 is 0 Å². The smallest absolute Gasteiger partial charge is 0.302 e. The summed E-state index contributed by atoms with van der Waals surface area (Å²) in [6.45, 7) is 11.8. The predicted octanol–water partition coefficient (Wildman–Crippen LogP) is 4.12. The molecule has 19 heavy (non-hydrogen) atoms. The van der Waals surface area contributed by atoms with Crippen LogP contribution in [0.3, 0.4) is 0 Å². The Kier molecular flexibility index (Phi) is 26.9. The highest BCUT2D eigenvalue weighted by Crippen LogP contribution is 2.00. The Morgan fingerprint density at radius 1 is 0.684 bits per heavy atom. The molecular formula is C15H32O4. The van der Waals surface area contributed by atoms with Gasteiger partial charge in [-0.3, -0.25) is 9.59 Å². The molecule has 0 bridgehead atoms. The number of esters is 2. The van der Waals surface area contributed by atoms with Gasteiger partial charge in [-0.2, -0.15) is 0 Å². The number of ether oxygens (including phenoxy) is 2. The normalized spacial score (nSPS) is 8.32. The van der Waals surface area contributed by atoms with E-state index < -0.39 is 0 Å². The molecule has 0 heterocycles. The van der Waals surface area contributed by atoms with Crippen LogP contribution in [0.25, 0.3) is 0 Å². The molecule has 0 rings (SSSR count). The Hall–Kier alpha value is -1.06. The zero-order valence-corrected chi connectivity index (χ0v) is 13.6. The molecule has 0 spiro atoms. The lowest BCUT2D eigenvalue weighted by molar-refractivity contribution is -0.141. The van der Waals surface area contributed by atoms with Crippen LogP contribution >= 0.6 is 0 Å². The van der Waals surface area contributed by atoms with Gasteiger partial charge in [0.1, 0.15) is 0 Å². The Morgan fingerprint density at radius 2 is 1.00 bits per heavy atom. The van der Waals surface area contributed by atoms with Crippen LogP contribution in [0.15, 0.2) is 0 Å². The molecule has 0 aromatic heterocycles. The topological polar surface area (TPSA) is 52.6 Å². The van der Waals surface area contributed by atoms with Gasteiger partial charge in [0.15, 0.2) is 0 Å². The molecule has 0 saturated carbocycles. The van der Waals surface area contributed by atoms with Crippen molar-refractivity contribution in [2.75, 3.05) is 13.2 Å². The Labute approximate surface area is 118 Å². The van der Waals surface area contributed by atoms with Gasteiger partial charge >= 0.3 is 11.9 Å². The third-order valence-electron chi connectivity index (χ3n) is 1.90. The van der Waals surface area contributed by atoms with Crippen molar-refractivity contribution in [3.63, 3.8) is 0 Å². The summed E-state index contributed by atoms with van der Waals surface area (Å²) in [4.78, 5) is 19.6. The van der Waals surface area contributed by atoms with Crippen LogP contribution in [0.4, 0.5) is 0 Å². The molecule has 0 atom stereocenters. The van der Waals surface area contributed by atoms with Gasteiger partial charge in [0.05, 0.1) is 13.2 Å². The molecule has 0 aromatic rings. The Bertz CT molecular complexity index is 171. The highest BCUT2D eigenvalue weighted by Gasteiger charge is 1.82. The van der Waals surface area contributed by atoms with Crippen LogP contribution in [0, 0.1) is 0 Å². The van der Waals surface area contributed by atoms with Crippen molar-refractivity contribution in [1.82, 2.24) is 0 Å². The standard InChI is InChI=1S/C7H16.2C4H8O2/c1-3-5-7-6-4-2;2*1-3-6-4(2)5/h3-7H2,1-2H3;2*3H2,1-2H3. The Balaban J connectivity index is -0.000000203. The van der Waals surface area contributed by atoms with Crippen LogP contribution in [0.5, 0.6) is 0 Å². The first kappa shape index (κ1) is 23.1. The van der Waals surface area contributed by atoms with E-state index in [1.54, 1.807) is 13.8 Å². The molecule has 4 heteroatoms. The third kappa shape index (κ3) is 47.3. The fraction of sp³-hybridized carbons (Fsp3) is 0.867. The van der Waals surface area contributed by atoms with Gasteiger partial charge in [0.25, 0.3) is 0 Å². The van der Waals surface area contributed by atoms with E-state index in [-0.39, 0.29) is 11.9 Å². The van der Waals surface area contributed by atoms with Gasteiger partial charge < -0.3 is 9.47 Å². The fourth-order valence-corrected chi connectivity index (χ4v) is 1.08. The lowest BCUT2D eigenvalue weighted by Gasteiger charge is -1.90. The summed E-state index contributed by atoms with van der Waals surface area (Å²) >= 11 is 0. The highest BCUT2D eigenvalue weighted by molar-refractivity contribution is 5.66. The summed E-state index contributed by atoms with van der Waals surface area (Å²) in [5.41, 5.74) is 0. The van der Waals surface area contributed by atoms with Crippen molar-refractivity contribution >= 4 is 11.9 Å². The van der Waals surface area contributed by atoms with Gasteiger partial charge in [0, 0.05) is 13.8 Å². The van der Waals surface area contributed by atoms with E-state index in [4.69, 9.17) is 0 Å². The van der Waals surface area contributed by atoms with Crippen molar-refractivity contribution < 1.29 is 19.1 Å². The first-order chi connectivity index (χ1) is 8.95. The summed E-state index contributed by atoms with van der Waals surface area (Å²) in [6, 6.07) is 0. The zero-order chi connectivity index (χ0) is 15.5. The van der Waals surface area contributed by atoms with E-state index in [0.717, 1.165) is 0 Å². The molecule has 116 valence electrons. The fourth-order valence-electron chi connectivity index (χ4n) is 1.08. The zero-order valence-electron chi connectivity index (χ0n) is 13.6. The number of hydrogen-bond donors (Lipinski definition) is 0. The molecular weight excluding hydrogens is 244 g/mol. The molecule has 0 radical (unpaired) electrons. The second kappa shape index (κ2) is 22.1. The summed E-state index contributed by atoms with van der Waals surface area (Å²) in [5, 5.41) is 0. The molecule has 0 aliphatic carbocycles. The second-order valence-corrected chi connectivity index (χ2v) is 3.91. The average molecular weight is 276 g/mol. The van der Waals surface area contributed by atoms with E-state index in [2.05, 4.69) is 23.3 Å². The average Bonchev–Trinajstić information content (AvgIpc) is 2.31. The number of unbranched alkanes of at least 4 members (excludes halogenated alkanes) is 4. The van der Waals surface area contributed by atoms with Crippen LogP contribution < -0.4 is 0 Å². The quantitative estimate of drug-likeness (QED) is 0.541. The van der Waals surface area contributed by atoms with Crippen molar-refractivity contribution in [3.8, 4) is 0 Å². The van der Waals surface area contributed by atoms with Crippen molar-refractivity contribution in [2.24, 2.45) is 0 Å². The Morgan fingerprint density at radius 3 is 1.11 bits per heavy atom. The van der Waals surface area contributed by atoms with E-state index in [1.165, 1.54) is 46.0 Å². The molecule has 0 aliphatic rings. The van der Waals surface area contributed by atoms with Gasteiger partial charge in [-0.05, 0) is 13.8 Å². The number of carbonyl (C=O) groups is 2. The van der Waals surface area contributed by atoms with Gasteiger partial charge in [-0.15, -0.1) is 0 Å². The van der Waals surface area contributed by atoms with E-state index in [9.17, 15) is 9.59 Å². The third-order valence-corrected chi connectivity index (χ3v) is 1.90. The molecule has 0 aromatic carbocycles. The lowest BCUT2D eigenvalue weighted by atomic mass is 10.2. The second-order valence-electron chi connectivity index (χ2n) is 3.91. The van der Waals surface area contributed by atoms with Crippen molar-refractivity contribution in [1.29, 1.82) is 0 Å². The van der Waals surface area contributed by atoms with E-state index in [1.807, 2.05) is 0 Å². The minimum Gasteiger partial charge on any atom is -0.466 e. The van der Waals surface area contributed by atoms with Crippen LogP contribution in [-0.2, 0) is 19.1 Å².